The van der Waals surface area contributed by atoms with Crippen LogP contribution in [0.15, 0.2) is 168 Å². The predicted octanol–water partition coefficient (Wildman–Crippen LogP) is 11.5. The second kappa shape index (κ2) is 10.1. The smallest absolute Gasteiger partial charge is 0.143 e. The number of nitrogens with zero attached hydrogens (tertiary/aromatic N) is 1. The lowest BCUT2D eigenvalue weighted by molar-refractivity contribution is 0.632. The Kier molecular flexibility index (Phi) is 5.82. The summed E-state index contributed by atoms with van der Waals surface area (Å²) >= 11 is 0. The normalized spacial score (nSPS) is 11.3. The molecule has 0 saturated heterocycles. The van der Waals surface area contributed by atoms with E-state index in [1.807, 2.05) is 12.1 Å². The topological polar surface area (TPSA) is 16.4 Å². The van der Waals surface area contributed by atoms with E-state index in [-0.39, 0.29) is 0 Å². The molecule has 0 unspecified atom stereocenters. The van der Waals surface area contributed by atoms with E-state index in [1.165, 1.54) is 21.5 Å². The highest BCUT2D eigenvalue weighted by Crippen LogP contribution is 2.45. The van der Waals surface area contributed by atoms with E-state index in [2.05, 4.69) is 157 Å². The van der Waals surface area contributed by atoms with Crippen LogP contribution in [0.25, 0.3) is 55.0 Å². The summed E-state index contributed by atoms with van der Waals surface area (Å²) in [5.41, 5.74) is 7.52. The summed E-state index contributed by atoms with van der Waals surface area (Å²) in [5, 5.41) is 5.93. The molecule has 1 heterocycles. The molecule has 0 aliphatic rings. The van der Waals surface area contributed by atoms with Crippen molar-refractivity contribution in [1.29, 1.82) is 0 Å². The van der Waals surface area contributed by atoms with Crippen LogP contribution in [0.2, 0.25) is 0 Å². The van der Waals surface area contributed by atoms with Crippen LogP contribution in [0.5, 0.6) is 0 Å². The minimum atomic E-state index is 0.875. The van der Waals surface area contributed by atoms with Crippen LogP contribution in [0.4, 0.5) is 17.1 Å². The van der Waals surface area contributed by atoms with Gasteiger partial charge in [0.25, 0.3) is 0 Å². The number of hydrogen-bond acceptors (Lipinski definition) is 2. The van der Waals surface area contributed by atoms with Gasteiger partial charge in [-0.05, 0) is 46.7 Å². The Bertz CT molecular complexity index is 2120. The molecule has 2 nitrogen and oxygen atoms in total. The highest BCUT2D eigenvalue weighted by atomic mass is 16.3. The molecule has 0 spiro atoms. The van der Waals surface area contributed by atoms with Crippen molar-refractivity contribution >= 4 is 49.6 Å². The molecule has 0 N–H and O–H groups in total. The van der Waals surface area contributed by atoms with E-state index >= 15 is 0 Å². The summed E-state index contributed by atoms with van der Waals surface area (Å²) in [7, 11) is 0. The molecule has 0 radical (unpaired) electrons. The number of fused-ring (bicyclic) bond motifs is 3. The van der Waals surface area contributed by atoms with Crippen molar-refractivity contribution in [3.05, 3.63) is 164 Å². The molecule has 2 heteroatoms. The largest absolute Gasteiger partial charge is 0.455 e. The average Bonchev–Trinajstić information content (AvgIpc) is 3.46. The molecule has 42 heavy (non-hydrogen) atoms. The van der Waals surface area contributed by atoms with Crippen molar-refractivity contribution in [2.45, 2.75) is 0 Å². The fourth-order valence-corrected chi connectivity index (χ4v) is 6.14. The standard InChI is InChI=1S/C40H27NO/c1-2-15-30(16-3-1)39-35-23-8-9-26-38(35)42-40(39)31-19-10-20-32(27-31)41(36-24-11-17-28-13-4-6-21-33(28)36)37-25-12-18-29-14-5-7-22-34(29)37/h1-27H. The molecule has 0 atom stereocenters. The van der Waals surface area contributed by atoms with Crippen LogP contribution in [0, 0.1) is 0 Å². The maximum absolute atomic E-state index is 6.61. The first kappa shape index (κ1) is 24.2. The third kappa shape index (κ3) is 4.05. The maximum Gasteiger partial charge on any atom is 0.143 e. The van der Waals surface area contributed by atoms with Crippen molar-refractivity contribution in [3.63, 3.8) is 0 Å². The molecule has 0 aliphatic heterocycles. The van der Waals surface area contributed by atoms with Crippen molar-refractivity contribution in [2.24, 2.45) is 0 Å². The zero-order valence-corrected chi connectivity index (χ0v) is 22.9. The molecule has 8 aromatic rings. The average molecular weight is 538 g/mol. The third-order valence-corrected chi connectivity index (χ3v) is 8.04. The van der Waals surface area contributed by atoms with Gasteiger partial charge in [0.1, 0.15) is 11.3 Å². The zero-order chi connectivity index (χ0) is 27.9. The molecular weight excluding hydrogens is 510 g/mol. The summed E-state index contributed by atoms with van der Waals surface area (Å²) < 4.78 is 6.61. The number of rotatable bonds is 5. The molecule has 7 aromatic carbocycles. The van der Waals surface area contributed by atoms with Crippen LogP contribution >= 0.6 is 0 Å². The molecule has 198 valence electrons. The predicted molar refractivity (Wildman–Crippen MR) is 177 cm³/mol. The van der Waals surface area contributed by atoms with Gasteiger partial charge < -0.3 is 9.32 Å². The monoisotopic (exact) mass is 537 g/mol. The number of para-hydroxylation sites is 1. The SMILES string of the molecule is c1ccc(-c2c(-c3cccc(N(c4cccc5ccccc45)c4cccc5ccccc45)c3)oc3ccccc23)cc1. The Labute approximate surface area is 244 Å². The molecule has 0 bridgehead atoms. The van der Waals surface area contributed by atoms with E-state index < -0.39 is 0 Å². The van der Waals surface area contributed by atoms with Crippen LogP contribution in [0.3, 0.4) is 0 Å². The van der Waals surface area contributed by atoms with Gasteiger partial charge in [0.2, 0.25) is 0 Å². The molecule has 8 rings (SSSR count). The Balaban J connectivity index is 1.39. The summed E-state index contributed by atoms with van der Waals surface area (Å²) in [6.45, 7) is 0. The zero-order valence-electron chi connectivity index (χ0n) is 22.9. The maximum atomic E-state index is 6.61. The van der Waals surface area contributed by atoms with Gasteiger partial charge in [-0.3, -0.25) is 0 Å². The Morgan fingerprint density at radius 1 is 0.405 bits per heavy atom. The Morgan fingerprint density at radius 2 is 0.929 bits per heavy atom. The summed E-state index contributed by atoms with van der Waals surface area (Å²) in [6.07, 6.45) is 0. The highest BCUT2D eigenvalue weighted by Gasteiger charge is 2.21. The van der Waals surface area contributed by atoms with Crippen LogP contribution in [0.1, 0.15) is 0 Å². The van der Waals surface area contributed by atoms with E-state index in [9.17, 15) is 0 Å². The van der Waals surface area contributed by atoms with Gasteiger partial charge in [0.05, 0.1) is 11.4 Å². The minimum absolute atomic E-state index is 0.875. The first-order chi connectivity index (χ1) is 20.8. The minimum Gasteiger partial charge on any atom is -0.455 e. The number of hydrogen-bond donors (Lipinski definition) is 0. The number of furan rings is 1. The number of benzene rings is 7. The van der Waals surface area contributed by atoms with E-state index in [0.29, 0.717) is 0 Å². The number of anilines is 3. The molecule has 1 aromatic heterocycles. The summed E-state index contributed by atoms with van der Waals surface area (Å²) in [6, 6.07) is 57.8. The van der Waals surface area contributed by atoms with Crippen molar-refractivity contribution in [3.8, 4) is 22.5 Å². The van der Waals surface area contributed by atoms with Gasteiger partial charge in [-0.1, -0.05) is 133 Å². The van der Waals surface area contributed by atoms with Gasteiger partial charge in [-0.15, -0.1) is 0 Å². The lowest BCUT2D eigenvalue weighted by Crippen LogP contribution is -2.11. The van der Waals surface area contributed by atoms with Gasteiger partial charge >= 0.3 is 0 Å². The molecule has 0 fully saturated rings. The quantitative estimate of drug-likeness (QED) is 0.217. The lowest BCUT2D eigenvalue weighted by atomic mass is 9.98. The van der Waals surface area contributed by atoms with Crippen molar-refractivity contribution in [2.75, 3.05) is 4.90 Å². The van der Waals surface area contributed by atoms with E-state index in [0.717, 1.165) is 50.5 Å². The van der Waals surface area contributed by atoms with Crippen LogP contribution < -0.4 is 4.90 Å². The highest BCUT2D eigenvalue weighted by molar-refractivity contribution is 6.06. The van der Waals surface area contributed by atoms with Crippen LogP contribution in [-0.2, 0) is 0 Å². The Morgan fingerprint density at radius 3 is 1.62 bits per heavy atom. The second-order valence-electron chi connectivity index (χ2n) is 10.6. The summed E-state index contributed by atoms with van der Waals surface area (Å²) in [5.74, 6) is 0.875. The fourth-order valence-electron chi connectivity index (χ4n) is 6.14. The van der Waals surface area contributed by atoms with Gasteiger partial charge in [-0.2, -0.15) is 0 Å². The van der Waals surface area contributed by atoms with E-state index in [1.54, 1.807) is 0 Å². The van der Waals surface area contributed by atoms with Crippen LogP contribution in [-0.4, -0.2) is 0 Å². The fraction of sp³-hybridized carbons (Fsp3) is 0. The Hall–Kier alpha value is -5.60. The van der Waals surface area contributed by atoms with E-state index in [4.69, 9.17) is 4.42 Å². The van der Waals surface area contributed by atoms with Crippen molar-refractivity contribution < 1.29 is 4.42 Å². The first-order valence-corrected chi connectivity index (χ1v) is 14.3. The first-order valence-electron chi connectivity index (χ1n) is 14.3. The van der Waals surface area contributed by atoms with Gasteiger partial charge in [-0.25, -0.2) is 0 Å². The molecule has 0 saturated carbocycles. The molecular formula is C40H27NO. The van der Waals surface area contributed by atoms with Gasteiger partial charge in [0.15, 0.2) is 0 Å². The summed E-state index contributed by atoms with van der Waals surface area (Å²) in [4.78, 5) is 2.39. The molecule has 0 aliphatic carbocycles. The second-order valence-corrected chi connectivity index (χ2v) is 10.6. The third-order valence-electron chi connectivity index (χ3n) is 8.04. The molecule has 0 amide bonds. The van der Waals surface area contributed by atoms with Gasteiger partial charge in [0, 0.05) is 33.0 Å². The lowest BCUT2D eigenvalue weighted by Gasteiger charge is -2.28. The van der Waals surface area contributed by atoms with Crippen molar-refractivity contribution in [1.82, 2.24) is 0 Å².